The number of halogens is 3. The molecule has 3 aromatic rings. The minimum Gasteiger partial charge on any atom is -0.309 e. The fourth-order valence-electron chi connectivity index (χ4n) is 2.04. The summed E-state index contributed by atoms with van der Waals surface area (Å²) in [5.41, 5.74) is -1.07. The topological polar surface area (TPSA) is 47.8 Å². The Balaban J connectivity index is 1.89. The molecule has 0 aliphatic heterocycles. The van der Waals surface area contributed by atoms with Gasteiger partial charge in [0, 0.05) is 17.8 Å². The van der Waals surface area contributed by atoms with E-state index in [-0.39, 0.29) is 6.54 Å². The molecule has 0 radical (unpaired) electrons. The van der Waals surface area contributed by atoms with Gasteiger partial charge in [0.05, 0.1) is 17.9 Å². The normalized spacial score (nSPS) is 11.6. The van der Waals surface area contributed by atoms with E-state index in [0.717, 1.165) is 10.6 Å². The Kier molecular flexibility index (Phi) is 3.99. The average molecular weight is 337 g/mol. The first-order valence-electron chi connectivity index (χ1n) is 6.57. The monoisotopic (exact) mass is 337 g/mol. The summed E-state index contributed by atoms with van der Waals surface area (Å²) in [4.78, 5) is 20.4. The smallest absolute Gasteiger partial charge is 0.309 e. The summed E-state index contributed by atoms with van der Waals surface area (Å²) in [5.74, 6) is 0. The third kappa shape index (κ3) is 3.31. The van der Waals surface area contributed by atoms with Gasteiger partial charge >= 0.3 is 6.18 Å². The zero-order chi connectivity index (χ0) is 16.4. The van der Waals surface area contributed by atoms with E-state index < -0.39 is 17.3 Å². The first-order valence-corrected chi connectivity index (χ1v) is 7.45. The molecule has 118 valence electrons. The lowest BCUT2D eigenvalue weighted by molar-refractivity contribution is -0.138. The van der Waals surface area contributed by atoms with Gasteiger partial charge < -0.3 is 4.57 Å². The average Bonchev–Trinajstić information content (AvgIpc) is 2.98. The molecule has 0 aromatic carbocycles. The lowest BCUT2D eigenvalue weighted by Crippen LogP contribution is -2.28. The SMILES string of the molecule is O=c1c(C(F)(F)F)cccn1Cc1csc(-c2ccccn2)n1. The van der Waals surface area contributed by atoms with Gasteiger partial charge in [-0.25, -0.2) is 4.98 Å². The molecule has 23 heavy (non-hydrogen) atoms. The van der Waals surface area contributed by atoms with E-state index in [1.165, 1.54) is 23.6 Å². The van der Waals surface area contributed by atoms with Crippen molar-refractivity contribution in [3.63, 3.8) is 0 Å². The van der Waals surface area contributed by atoms with Gasteiger partial charge in [0.2, 0.25) is 0 Å². The zero-order valence-corrected chi connectivity index (χ0v) is 12.4. The molecule has 4 nitrogen and oxygen atoms in total. The maximum absolute atomic E-state index is 12.8. The highest BCUT2D eigenvalue weighted by Gasteiger charge is 2.34. The van der Waals surface area contributed by atoms with Crippen molar-refractivity contribution in [2.24, 2.45) is 0 Å². The van der Waals surface area contributed by atoms with E-state index in [0.29, 0.717) is 16.4 Å². The second kappa shape index (κ2) is 5.96. The fraction of sp³-hybridized carbons (Fsp3) is 0.133. The molecule has 0 amide bonds. The van der Waals surface area contributed by atoms with Crippen LogP contribution in [-0.2, 0) is 12.7 Å². The summed E-state index contributed by atoms with van der Waals surface area (Å²) in [6.07, 6.45) is -1.72. The molecule has 0 aliphatic rings. The Morgan fingerprint density at radius 3 is 2.70 bits per heavy atom. The van der Waals surface area contributed by atoms with E-state index in [2.05, 4.69) is 9.97 Å². The summed E-state index contributed by atoms with van der Waals surface area (Å²) >= 11 is 1.33. The van der Waals surface area contributed by atoms with Crippen molar-refractivity contribution in [2.75, 3.05) is 0 Å². The second-order valence-corrected chi connectivity index (χ2v) is 5.57. The standard InChI is InChI=1S/C15H10F3N3OS/c16-15(17,18)11-4-3-7-21(14(11)22)8-10-9-23-13(20-10)12-5-1-2-6-19-12/h1-7,9H,8H2. The van der Waals surface area contributed by atoms with Gasteiger partial charge in [-0.2, -0.15) is 13.2 Å². The van der Waals surface area contributed by atoms with Crippen LogP contribution in [0.15, 0.2) is 52.9 Å². The lowest BCUT2D eigenvalue weighted by Gasteiger charge is -2.09. The van der Waals surface area contributed by atoms with E-state index in [9.17, 15) is 18.0 Å². The van der Waals surface area contributed by atoms with E-state index in [4.69, 9.17) is 0 Å². The van der Waals surface area contributed by atoms with Crippen LogP contribution in [0.4, 0.5) is 13.2 Å². The van der Waals surface area contributed by atoms with E-state index >= 15 is 0 Å². The largest absolute Gasteiger partial charge is 0.421 e. The van der Waals surface area contributed by atoms with Crippen molar-refractivity contribution in [2.45, 2.75) is 12.7 Å². The molecule has 0 spiro atoms. The highest BCUT2D eigenvalue weighted by atomic mass is 32.1. The molecule has 3 heterocycles. The number of hydrogen-bond acceptors (Lipinski definition) is 4. The summed E-state index contributed by atoms with van der Waals surface area (Å²) in [6, 6.07) is 7.37. The van der Waals surface area contributed by atoms with Crippen molar-refractivity contribution < 1.29 is 13.2 Å². The highest BCUT2D eigenvalue weighted by Crippen LogP contribution is 2.26. The van der Waals surface area contributed by atoms with Crippen LogP contribution in [0.1, 0.15) is 11.3 Å². The van der Waals surface area contributed by atoms with Crippen LogP contribution in [0.2, 0.25) is 0 Å². The number of thiazole rings is 1. The Labute approximate surface area is 132 Å². The number of rotatable bonds is 3. The molecular formula is C15H10F3N3OS. The Bertz CT molecular complexity index is 871. The van der Waals surface area contributed by atoms with E-state index in [1.54, 1.807) is 23.7 Å². The molecule has 0 aliphatic carbocycles. The van der Waals surface area contributed by atoms with Gasteiger partial charge in [-0.3, -0.25) is 9.78 Å². The molecule has 0 saturated carbocycles. The Morgan fingerprint density at radius 2 is 2.00 bits per heavy atom. The zero-order valence-electron chi connectivity index (χ0n) is 11.6. The van der Waals surface area contributed by atoms with Gasteiger partial charge in [0.1, 0.15) is 10.6 Å². The van der Waals surface area contributed by atoms with Gasteiger partial charge in [-0.05, 0) is 24.3 Å². The van der Waals surface area contributed by atoms with Gasteiger partial charge in [0.25, 0.3) is 5.56 Å². The lowest BCUT2D eigenvalue weighted by atomic mass is 10.2. The van der Waals surface area contributed by atoms with Crippen LogP contribution < -0.4 is 5.56 Å². The van der Waals surface area contributed by atoms with Gasteiger partial charge in [-0.1, -0.05) is 6.07 Å². The second-order valence-electron chi connectivity index (χ2n) is 4.71. The van der Waals surface area contributed by atoms with E-state index in [1.807, 2.05) is 6.07 Å². The highest BCUT2D eigenvalue weighted by molar-refractivity contribution is 7.13. The molecule has 0 bridgehead atoms. The quantitative estimate of drug-likeness (QED) is 0.736. The fourth-order valence-corrected chi connectivity index (χ4v) is 2.82. The van der Waals surface area contributed by atoms with Crippen molar-refractivity contribution in [3.8, 4) is 10.7 Å². The summed E-state index contributed by atoms with van der Waals surface area (Å²) in [7, 11) is 0. The van der Waals surface area contributed by atoms with Crippen LogP contribution >= 0.6 is 11.3 Å². The molecule has 0 saturated heterocycles. The predicted molar refractivity (Wildman–Crippen MR) is 80.2 cm³/mol. The van der Waals surface area contributed by atoms with Gasteiger partial charge in [0.15, 0.2) is 0 Å². The number of aromatic nitrogens is 3. The van der Waals surface area contributed by atoms with Crippen molar-refractivity contribution in [1.82, 2.24) is 14.5 Å². The summed E-state index contributed by atoms with van der Waals surface area (Å²) in [6.45, 7) is -0.0217. The van der Waals surface area contributed by atoms with Crippen LogP contribution in [0, 0.1) is 0 Å². The number of nitrogens with zero attached hydrogens (tertiary/aromatic N) is 3. The van der Waals surface area contributed by atoms with Crippen molar-refractivity contribution in [3.05, 3.63) is 69.7 Å². The van der Waals surface area contributed by atoms with Crippen LogP contribution in [0.5, 0.6) is 0 Å². The molecule has 3 aromatic heterocycles. The third-order valence-corrected chi connectivity index (χ3v) is 4.01. The molecule has 0 N–H and O–H groups in total. The van der Waals surface area contributed by atoms with Crippen LogP contribution in [0.25, 0.3) is 10.7 Å². The van der Waals surface area contributed by atoms with Crippen molar-refractivity contribution in [1.29, 1.82) is 0 Å². The number of pyridine rings is 2. The first-order chi connectivity index (χ1) is 10.9. The van der Waals surface area contributed by atoms with Crippen LogP contribution in [-0.4, -0.2) is 14.5 Å². The van der Waals surface area contributed by atoms with Crippen molar-refractivity contribution >= 4 is 11.3 Å². The summed E-state index contributed by atoms with van der Waals surface area (Å²) in [5, 5.41) is 2.36. The molecular weight excluding hydrogens is 327 g/mol. The minimum atomic E-state index is -4.67. The van der Waals surface area contributed by atoms with Gasteiger partial charge in [-0.15, -0.1) is 11.3 Å². The molecule has 0 unspecified atom stereocenters. The minimum absolute atomic E-state index is 0.0217. The Morgan fingerprint density at radius 1 is 1.17 bits per heavy atom. The number of alkyl halides is 3. The maximum atomic E-state index is 12.8. The molecule has 3 rings (SSSR count). The summed E-state index contributed by atoms with van der Waals surface area (Å²) < 4.78 is 39.3. The molecule has 8 heteroatoms. The number of hydrogen-bond donors (Lipinski definition) is 0. The maximum Gasteiger partial charge on any atom is 0.421 e. The predicted octanol–water partition coefficient (Wildman–Crippen LogP) is 3.43. The third-order valence-electron chi connectivity index (χ3n) is 3.09. The Hall–Kier alpha value is -2.48. The molecule has 0 atom stereocenters. The first kappa shape index (κ1) is 15.4. The van der Waals surface area contributed by atoms with Crippen LogP contribution in [0.3, 0.4) is 0 Å². The molecule has 0 fully saturated rings.